The normalized spacial score (nSPS) is 10.3. The molecular formula is C10H15N3O4. The third kappa shape index (κ3) is 3.36. The fourth-order valence-electron chi connectivity index (χ4n) is 1.15. The van der Waals surface area contributed by atoms with Crippen molar-refractivity contribution < 1.29 is 14.4 Å². The van der Waals surface area contributed by atoms with E-state index in [0.29, 0.717) is 13.2 Å². The molecule has 17 heavy (non-hydrogen) atoms. The van der Waals surface area contributed by atoms with E-state index in [9.17, 15) is 9.59 Å². The first-order chi connectivity index (χ1) is 8.10. The van der Waals surface area contributed by atoms with Gasteiger partial charge in [0.25, 0.3) is 11.5 Å². The molecule has 1 amide bonds. The molecule has 7 heteroatoms. The van der Waals surface area contributed by atoms with Crippen molar-refractivity contribution in [3.05, 3.63) is 28.2 Å². The number of hydroxylamine groups is 2. The predicted octanol–water partition coefficient (Wildman–Crippen LogP) is -0.477. The van der Waals surface area contributed by atoms with Gasteiger partial charge in [-0.2, -0.15) is 5.10 Å². The molecule has 0 fully saturated rings. The fourth-order valence-corrected chi connectivity index (χ4v) is 1.15. The Balaban J connectivity index is 2.95. The maximum absolute atomic E-state index is 11.7. The Morgan fingerprint density at radius 3 is 2.76 bits per heavy atom. The van der Waals surface area contributed by atoms with E-state index in [1.807, 2.05) is 0 Å². The molecular weight excluding hydrogens is 226 g/mol. The SMILES string of the molecule is COCCn1nc(C(=O)N(C)OC)ccc1=O. The van der Waals surface area contributed by atoms with Gasteiger partial charge in [-0.15, -0.1) is 0 Å². The molecule has 1 rings (SSSR count). The summed E-state index contributed by atoms with van der Waals surface area (Å²) in [7, 11) is 4.37. The molecule has 0 spiro atoms. The highest BCUT2D eigenvalue weighted by molar-refractivity contribution is 5.91. The lowest BCUT2D eigenvalue weighted by Gasteiger charge is -2.13. The van der Waals surface area contributed by atoms with Crippen LogP contribution in [0.3, 0.4) is 0 Å². The van der Waals surface area contributed by atoms with E-state index in [-0.39, 0.29) is 11.3 Å². The molecule has 0 atom stereocenters. The zero-order chi connectivity index (χ0) is 12.8. The van der Waals surface area contributed by atoms with Crippen LogP contribution in [-0.4, -0.2) is 48.6 Å². The highest BCUT2D eigenvalue weighted by atomic mass is 16.7. The topological polar surface area (TPSA) is 73.7 Å². The first-order valence-corrected chi connectivity index (χ1v) is 4.99. The molecule has 0 N–H and O–H groups in total. The van der Waals surface area contributed by atoms with Crippen LogP contribution < -0.4 is 5.56 Å². The van der Waals surface area contributed by atoms with Gasteiger partial charge in [0.15, 0.2) is 5.69 Å². The largest absolute Gasteiger partial charge is 0.383 e. The Labute approximate surface area is 98.5 Å². The van der Waals surface area contributed by atoms with Gasteiger partial charge in [-0.05, 0) is 6.07 Å². The van der Waals surface area contributed by atoms with Crippen molar-refractivity contribution in [3.8, 4) is 0 Å². The number of nitrogens with zero attached hydrogens (tertiary/aromatic N) is 3. The lowest BCUT2D eigenvalue weighted by molar-refractivity contribution is -0.0761. The van der Waals surface area contributed by atoms with Crippen molar-refractivity contribution in [3.63, 3.8) is 0 Å². The summed E-state index contributed by atoms with van der Waals surface area (Å²) in [6, 6.07) is 2.66. The van der Waals surface area contributed by atoms with Gasteiger partial charge >= 0.3 is 0 Å². The number of amides is 1. The summed E-state index contributed by atoms with van der Waals surface area (Å²) >= 11 is 0. The molecule has 94 valence electrons. The minimum absolute atomic E-state index is 0.144. The fraction of sp³-hybridized carbons (Fsp3) is 0.500. The summed E-state index contributed by atoms with van der Waals surface area (Å²) in [5.41, 5.74) is -0.135. The van der Waals surface area contributed by atoms with Crippen LogP contribution in [0.2, 0.25) is 0 Å². The second-order valence-corrected chi connectivity index (χ2v) is 3.26. The highest BCUT2D eigenvalue weighted by Gasteiger charge is 2.14. The van der Waals surface area contributed by atoms with Crippen LogP contribution in [0.1, 0.15) is 10.5 Å². The van der Waals surface area contributed by atoms with E-state index in [1.165, 1.54) is 38.1 Å². The Kier molecular flexibility index (Phi) is 4.80. The first-order valence-electron chi connectivity index (χ1n) is 4.99. The predicted molar refractivity (Wildman–Crippen MR) is 59.5 cm³/mol. The molecule has 0 aliphatic heterocycles. The standard InChI is InChI=1S/C10H15N3O4/c1-12(17-3)10(15)8-4-5-9(14)13(11-8)6-7-16-2/h4-5H,6-7H2,1-3H3. The third-order valence-corrected chi connectivity index (χ3v) is 2.15. The quantitative estimate of drug-likeness (QED) is 0.651. The number of methoxy groups -OCH3 is 1. The lowest BCUT2D eigenvalue weighted by Crippen LogP contribution is -2.31. The van der Waals surface area contributed by atoms with Gasteiger partial charge < -0.3 is 4.74 Å². The molecule has 1 aromatic heterocycles. The third-order valence-electron chi connectivity index (χ3n) is 2.15. The Hall–Kier alpha value is -1.73. The van der Waals surface area contributed by atoms with Crippen LogP contribution in [0.5, 0.6) is 0 Å². The van der Waals surface area contributed by atoms with Gasteiger partial charge in [-0.25, -0.2) is 9.75 Å². The van der Waals surface area contributed by atoms with E-state index in [2.05, 4.69) is 5.10 Å². The lowest BCUT2D eigenvalue weighted by atomic mass is 10.3. The molecule has 0 unspecified atom stereocenters. The molecule has 0 aliphatic carbocycles. The Morgan fingerprint density at radius 2 is 2.18 bits per heavy atom. The number of carbonyl (C=O) groups is 1. The van der Waals surface area contributed by atoms with Gasteiger partial charge in [-0.3, -0.25) is 14.4 Å². The molecule has 0 aliphatic rings. The van der Waals surface area contributed by atoms with Crippen LogP contribution in [0.25, 0.3) is 0 Å². The van der Waals surface area contributed by atoms with Gasteiger partial charge in [0.2, 0.25) is 0 Å². The van der Waals surface area contributed by atoms with Gasteiger partial charge in [0.05, 0.1) is 20.3 Å². The van der Waals surface area contributed by atoms with Crippen molar-refractivity contribution >= 4 is 5.91 Å². The Bertz CT molecular complexity index is 443. The van der Waals surface area contributed by atoms with Gasteiger partial charge in [0.1, 0.15) is 0 Å². The van der Waals surface area contributed by atoms with Crippen molar-refractivity contribution in [1.29, 1.82) is 0 Å². The zero-order valence-corrected chi connectivity index (χ0v) is 10.0. The van der Waals surface area contributed by atoms with Gasteiger partial charge in [-0.1, -0.05) is 0 Å². The van der Waals surface area contributed by atoms with Gasteiger partial charge in [0, 0.05) is 20.2 Å². The van der Waals surface area contributed by atoms with E-state index in [1.54, 1.807) is 0 Å². The summed E-state index contributed by atoms with van der Waals surface area (Å²) in [5, 5.41) is 4.97. The summed E-state index contributed by atoms with van der Waals surface area (Å²) < 4.78 is 6.03. The summed E-state index contributed by atoms with van der Waals surface area (Å²) in [6.07, 6.45) is 0. The Morgan fingerprint density at radius 1 is 1.47 bits per heavy atom. The van der Waals surface area contributed by atoms with Crippen molar-refractivity contribution in [2.24, 2.45) is 0 Å². The molecule has 0 saturated carbocycles. The molecule has 0 aromatic carbocycles. The van der Waals surface area contributed by atoms with Crippen LogP contribution in [0, 0.1) is 0 Å². The maximum atomic E-state index is 11.7. The molecule has 0 bridgehead atoms. The summed E-state index contributed by atoms with van der Waals surface area (Å²) in [6.45, 7) is 0.651. The number of hydrogen-bond acceptors (Lipinski definition) is 5. The number of hydrogen-bond donors (Lipinski definition) is 0. The monoisotopic (exact) mass is 241 g/mol. The average Bonchev–Trinajstić information content (AvgIpc) is 2.36. The molecule has 1 heterocycles. The van der Waals surface area contributed by atoms with Crippen LogP contribution in [0.4, 0.5) is 0 Å². The first kappa shape index (κ1) is 13.3. The minimum Gasteiger partial charge on any atom is -0.383 e. The van der Waals surface area contributed by atoms with E-state index in [4.69, 9.17) is 9.57 Å². The summed E-state index contributed by atoms with van der Waals surface area (Å²) in [4.78, 5) is 27.9. The van der Waals surface area contributed by atoms with Crippen molar-refractivity contribution in [1.82, 2.24) is 14.8 Å². The molecule has 0 radical (unpaired) electrons. The van der Waals surface area contributed by atoms with E-state index in [0.717, 1.165) is 5.06 Å². The van der Waals surface area contributed by atoms with Crippen molar-refractivity contribution in [2.45, 2.75) is 6.54 Å². The van der Waals surface area contributed by atoms with Crippen LogP contribution >= 0.6 is 0 Å². The zero-order valence-electron chi connectivity index (χ0n) is 10.0. The smallest absolute Gasteiger partial charge is 0.297 e. The second kappa shape index (κ2) is 6.12. The van der Waals surface area contributed by atoms with Crippen LogP contribution in [0.15, 0.2) is 16.9 Å². The molecule has 0 saturated heterocycles. The van der Waals surface area contributed by atoms with E-state index >= 15 is 0 Å². The number of carbonyl (C=O) groups excluding carboxylic acids is 1. The molecule has 7 nitrogen and oxygen atoms in total. The second-order valence-electron chi connectivity index (χ2n) is 3.26. The minimum atomic E-state index is -0.418. The maximum Gasteiger partial charge on any atom is 0.297 e. The number of rotatable bonds is 5. The molecule has 1 aromatic rings. The summed E-state index contributed by atoms with van der Waals surface area (Å²) in [5.74, 6) is -0.418. The van der Waals surface area contributed by atoms with Crippen LogP contribution in [-0.2, 0) is 16.1 Å². The van der Waals surface area contributed by atoms with E-state index < -0.39 is 5.91 Å². The highest BCUT2D eigenvalue weighted by Crippen LogP contribution is 1.97. The average molecular weight is 241 g/mol. The number of ether oxygens (including phenoxy) is 1. The number of aromatic nitrogens is 2. The van der Waals surface area contributed by atoms with Crippen molar-refractivity contribution in [2.75, 3.05) is 27.9 Å².